The van der Waals surface area contributed by atoms with Crippen molar-refractivity contribution in [2.75, 3.05) is 20.3 Å². The Labute approximate surface area is 134 Å². The Bertz CT molecular complexity index is 844. The Morgan fingerprint density at radius 2 is 1.74 bits per heavy atom. The van der Waals surface area contributed by atoms with Crippen molar-refractivity contribution in [3.05, 3.63) is 70.8 Å². The van der Waals surface area contributed by atoms with Crippen LogP contribution in [0.5, 0.6) is 0 Å². The van der Waals surface area contributed by atoms with Crippen LogP contribution in [0.2, 0.25) is 0 Å². The fraction of sp³-hybridized carbons (Fsp3) is 0.222. The summed E-state index contributed by atoms with van der Waals surface area (Å²) in [7, 11) is 1.62. The van der Waals surface area contributed by atoms with Gasteiger partial charge in [0, 0.05) is 7.11 Å². The van der Waals surface area contributed by atoms with Crippen molar-refractivity contribution in [3.8, 4) is 5.69 Å². The van der Waals surface area contributed by atoms with Crippen molar-refractivity contribution in [1.29, 1.82) is 0 Å². The van der Waals surface area contributed by atoms with Crippen LogP contribution < -0.4 is 5.56 Å². The van der Waals surface area contributed by atoms with Gasteiger partial charge < -0.3 is 9.47 Å². The first-order valence-corrected chi connectivity index (χ1v) is 7.44. The van der Waals surface area contributed by atoms with Crippen LogP contribution in [0, 0.1) is 0 Å². The Morgan fingerprint density at radius 3 is 2.52 bits per heavy atom. The lowest BCUT2D eigenvalue weighted by Gasteiger charge is -2.13. The normalized spacial score (nSPS) is 11.0. The lowest BCUT2D eigenvalue weighted by atomic mass is 10.2. The van der Waals surface area contributed by atoms with E-state index >= 15 is 0 Å². The van der Waals surface area contributed by atoms with E-state index in [-0.39, 0.29) is 12.2 Å². The second-order valence-electron chi connectivity index (χ2n) is 5.07. The molecule has 3 rings (SSSR count). The SMILES string of the molecule is COCCOCc1nc2ccccc2c(=O)n1-c1ccccc1. The predicted molar refractivity (Wildman–Crippen MR) is 88.9 cm³/mol. The summed E-state index contributed by atoms with van der Waals surface area (Å²) < 4.78 is 12.2. The molecule has 118 valence electrons. The molecule has 0 fully saturated rings. The van der Waals surface area contributed by atoms with E-state index in [1.165, 1.54) is 0 Å². The number of nitrogens with zero attached hydrogens (tertiary/aromatic N) is 2. The summed E-state index contributed by atoms with van der Waals surface area (Å²) in [5.41, 5.74) is 1.36. The first kappa shape index (κ1) is 15.4. The highest BCUT2D eigenvalue weighted by atomic mass is 16.5. The van der Waals surface area contributed by atoms with E-state index in [4.69, 9.17) is 9.47 Å². The molecule has 0 aliphatic heterocycles. The molecule has 0 bridgehead atoms. The standard InChI is InChI=1S/C18H18N2O3/c1-22-11-12-23-13-17-19-16-10-6-5-9-15(16)18(21)20(17)14-7-3-2-4-8-14/h2-10H,11-13H2,1H3. The number of aromatic nitrogens is 2. The van der Waals surface area contributed by atoms with Crippen LogP contribution in [0.15, 0.2) is 59.4 Å². The molecule has 23 heavy (non-hydrogen) atoms. The number of fused-ring (bicyclic) bond motifs is 1. The van der Waals surface area contributed by atoms with Gasteiger partial charge in [0.15, 0.2) is 0 Å². The summed E-state index contributed by atoms with van der Waals surface area (Å²) in [5.74, 6) is 0.580. The maximum atomic E-state index is 12.9. The molecule has 5 heteroatoms. The van der Waals surface area contributed by atoms with Crippen LogP contribution in [-0.4, -0.2) is 29.9 Å². The summed E-state index contributed by atoms with van der Waals surface area (Å²) in [4.78, 5) is 17.5. The number of hydrogen-bond acceptors (Lipinski definition) is 4. The average Bonchev–Trinajstić information content (AvgIpc) is 2.60. The first-order chi connectivity index (χ1) is 11.3. The number of benzene rings is 2. The van der Waals surface area contributed by atoms with Crippen molar-refractivity contribution < 1.29 is 9.47 Å². The fourth-order valence-electron chi connectivity index (χ4n) is 2.42. The summed E-state index contributed by atoms with van der Waals surface area (Å²) in [6, 6.07) is 16.8. The van der Waals surface area contributed by atoms with Crippen LogP contribution in [0.4, 0.5) is 0 Å². The Balaban J connectivity index is 2.10. The first-order valence-electron chi connectivity index (χ1n) is 7.44. The lowest BCUT2D eigenvalue weighted by molar-refractivity contribution is 0.0578. The van der Waals surface area contributed by atoms with Gasteiger partial charge in [0.1, 0.15) is 12.4 Å². The quantitative estimate of drug-likeness (QED) is 0.657. The van der Waals surface area contributed by atoms with Crippen molar-refractivity contribution >= 4 is 10.9 Å². The van der Waals surface area contributed by atoms with Crippen LogP contribution >= 0.6 is 0 Å². The maximum Gasteiger partial charge on any atom is 0.266 e. The smallest absolute Gasteiger partial charge is 0.266 e. The van der Waals surface area contributed by atoms with Gasteiger partial charge in [-0.3, -0.25) is 9.36 Å². The van der Waals surface area contributed by atoms with E-state index in [9.17, 15) is 4.79 Å². The highest BCUT2D eigenvalue weighted by molar-refractivity contribution is 5.77. The predicted octanol–water partition coefficient (Wildman–Crippen LogP) is 2.55. The molecule has 0 aliphatic rings. The second kappa shape index (κ2) is 7.17. The lowest BCUT2D eigenvalue weighted by Crippen LogP contribution is -2.24. The molecule has 1 aromatic heterocycles. The van der Waals surface area contributed by atoms with E-state index in [1.54, 1.807) is 17.7 Å². The minimum Gasteiger partial charge on any atom is -0.382 e. The number of para-hydroxylation sites is 2. The molecule has 3 aromatic rings. The summed E-state index contributed by atoms with van der Waals surface area (Å²) in [5, 5.41) is 0.594. The molecule has 0 unspecified atom stereocenters. The molecule has 0 saturated heterocycles. The van der Waals surface area contributed by atoms with E-state index < -0.39 is 0 Å². The molecule has 1 heterocycles. The molecule has 0 N–H and O–H groups in total. The molecule has 0 aliphatic carbocycles. The highest BCUT2D eigenvalue weighted by Crippen LogP contribution is 2.13. The monoisotopic (exact) mass is 310 g/mol. The van der Waals surface area contributed by atoms with Gasteiger partial charge in [-0.15, -0.1) is 0 Å². The van der Waals surface area contributed by atoms with Gasteiger partial charge in [0.25, 0.3) is 5.56 Å². The van der Waals surface area contributed by atoms with Crippen molar-refractivity contribution in [2.24, 2.45) is 0 Å². The van der Waals surface area contributed by atoms with Gasteiger partial charge >= 0.3 is 0 Å². The minimum absolute atomic E-state index is 0.0906. The van der Waals surface area contributed by atoms with E-state index in [0.717, 1.165) is 5.69 Å². The third kappa shape index (κ3) is 3.31. The molecular formula is C18H18N2O3. The Morgan fingerprint density at radius 1 is 1.00 bits per heavy atom. The maximum absolute atomic E-state index is 12.9. The molecule has 2 aromatic carbocycles. The number of hydrogen-bond donors (Lipinski definition) is 0. The van der Waals surface area contributed by atoms with E-state index in [1.807, 2.05) is 48.5 Å². The zero-order valence-corrected chi connectivity index (χ0v) is 12.9. The van der Waals surface area contributed by atoms with Crippen molar-refractivity contribution in [2.45, 2.75) is 6.61 Å². The molecular weight excluding hydrogens is 292 g/mol. The van der Waals surface area contributed by atoms with E-state index in [2.05, 4.69) is 4.98 Å². The number of methoxy groups -OCH3 is 1. The molecule has 0 amide bonds. The third-order valence-corrected chi connectivity index (χ3v) is 3.52. The van der Waals surface area contributed by atoms with E-state index in [0.29, 0.717) is 29.9 Å². The molecule has 0 atom stereocenters. The van der Waals surface area contributed by atoms with Crippen LogP contribution in [-0.2, 0) is 16.1 Å². The summed E-state index contributed by atoms with van der Waals surface area (Å²) in [6.07, 6.45) is 0. The number of rotatable bonds is 6. The Kier molecular flexibility index (Phi) is 4.80. The fourth-order valence-corrected chi connectivity index (χ4v) is 2.42. The highest BCUT2D eigenvalue weighted by Gasteiger charge is 2.12. The molecule has 0 radical (unpaired) electrons. The minimum atomic E-state index is -0.0906. The molecule has 5 nitrogen and oxygen atoms in total. The largest absolute Gasteiger partial charge is 0.382 e. The van der Waals surface area contributed by atoms with Crippen molar-refractivity contribution in [3.63, 3.8) is 0 Å². The van der Waals surface area contributed by atoms with Crippen LogP contribution in [0.3, 0.4) is 0 Å². The third-order valence-electron chi connectivity index (χ3n) is 3.52. The average molecular weight is 310 g/mol. The van der Waals surface area contributed by atoms with Gasteiger partial charge in [0.05, 0.1) is 29.8 Å². The number of ether oxygens (including phenoxy) is 2. The van der Waals surface area contributed by atoms with Gasteiger partial charge in [-0.25, -0.2) is 4.98 Å². The van der Waals surface area contributed by atoms with Gasteiger partial charge in [0.2, 0.25) is 0 Å². The van der Waals surface area contributed by atoms with Gasteiger partial charge in [-0.1, -0.05) is 30.3 Å². The van der Waals surface area contributed by atoms with Crippen LogP contribution in [0.1, 0.15) is 5.82 Å². The second-order valence-corrected chi connectivity index (χ2v) is 5.07. The molecule has 0 saturated carbocycles. The Hall–Kier alpha value is -2.50. The zero-order chi connectivity index (χ0) is 16.1. The van der Waals surface area contributed by atoms with Gasteiger partial charge in [-0.05, 0) is 24.3 Å². The van der Waals surface area contributed by atoms with Gasteiger partial charge in [-0.2, -0.15) is 0 Å². The van der Waals surface area contributed by atoms with Crippen molar-refractivity contribution in [1.82, 2.24) is 9.55 Å². The van der Waals surface area contributed by atoms with Crippen LogP contribution in [0.25, 0.3) is 16.6 Å². The molecule has 0 spiro atoms. The summed E-state index contributed by atoms with van der Waals surface area (Å²) in [6.45, 7) is 1.20. The topological polar surface area (TPSA) is 53.4 Å². The summed E-state index contributed by atoms with van der Waals surface area (Å²) >= 11 is 0. The zero-order valence-electron chi connectivity index (χ0n) is 12.9.